The van der Waals surface area contributed by atoms with E-state index in [2.05, 4.69) is 4.98 Å². The Kier molecular flexibility index (Phi) is 2.63. The summed E-state index contributed by atoms with van der Waals surface area (Å²) in [6.45, 7) is 0. The summed E-state index contributed by atoms with van der Waals surface area (Å²) in [5, 5.41) is 1.81. The molecule has 3 rings (SSSR count). The van der Waals surface area contributed by atoms with E-state index in [-0.39, 0.29) is 0 Å². The Morgan fingerprint density at radius 1 is 0.947 bits per heavy atom. The Balaban J connectivity index is 2.45. The van der Waals surface area contributed by atoms with E-state index < -0.39 is 0 Å². The van der Waals surface area contributed by atoms with Crippen LogP contribution < -0.4 is 15.2 Å². The van der Waals surface area contributed by atoms with Crippen LogP contribution >= 0.6 is 0 Å². The van der Waals surface area contributed by atoms with Gasteiger partial charge in [-0.05, 0) is 30.3 Å². The van der Waals surface area contributed by atoms with Crippen molar-refractivity contribution >= 4 is 27.5 Å². The lowest BCUT2D eigenvalue weighted by molar-refractivity contribution is 0.358. The van der Waals surface area contributed by atoms with Crippen molar-refractivity contribution in [3.8, 4) is 11.5 Å². The minimum absolute atomic E-state index is 0.678. The Morgan fingerprint density at radius 2 is 1.74 bits per heavy atom. The third-order valence-electron chi connectivity index (χ3n) is 3.21. The van der Waals surface area contributed by atoms with Gasteiger partial charge in [-0.25, -0.2) is 4.98 Å². The van der Waals surface area contributed by atoms with Crippen molar-refractivity contribution in [1.29, 1.82) is 0 Å². The van der Waals surface area contributed by atoms with Gasteiger partial charge in [-0.1, -0.05) is 6.07 Å². The number of rotatable bonds is 2. The molecular weight excluding hydrogens is 240 g/mol. The van der Waals surface area contributed by atoms with Gasteiger partial charge in [-0.3, -0.25) is 0 Å². The summed E-state index contributed by atoms with van der Waals surface area (Å²) in [4.78, 5) is 4.61. The van der Waals surface area contributed by atoms with Crippen LogP contribution in [0.3, 0.4) is 0 Å². The maximum absolute atomic E-state index is 6.00. The van der Waals surface area contributed by atoms with E-state index in [0.717, 1.165) is 21.8 Å². The first-order chi connectivity index (χ1) is 9.24. The number of pyridine rings is 1. The van der Waals surface area contributed by atoms with Gasteiger partial charge in [0.1, 0.15) is 0 Å². The highest BCUT2D eigenvalue weighted by molar-refractivity contribution is 6.01. The number of nitrogens with two attached hydrogens (primary N) is 1. The topological polar surface area (TPSA) is 57.4 Å². The number of hydrogen-bond donors (Lipinski definition) is 1. The predicted octanol–water partition coefficient (Wildman–Crippen LogP) is 2.99. The van der Waals surface area contributed by atoms with Crippen LogP contribution in [-0.4, -0.2) is 19.2 Å². The summed E-state index contributed by atoms with van der Waals surface area (Å²) in [7, 11) is 3.24. The molecule has 0 spiro atoms. The number of hydrogen-bond acceptors (Lipinski definition) is 4. The van der Waals surface area contributed by atoms with Crippen LogP contribution in [-0.2, 0) is 0 Å². The van der Waals surface area contributed by atoms with Crippen LogP contribution in [0.1, 0.15) is 0 Å². The third-order valence-corrected chi connectivity index (χ3v) is 3.21. The standard InChI is InChI=1S/C15H14N2O2/c1-18-14-7-6-13-10(15(14)19-2)8-9-11(16)4-3-5-12(9)17-13/h3-8H,16H2,1-2H3. The SMILES string of the molecule is COc1ccc2nc3cccc(N)c3cc2c1OC. The van der Waals surface area contributed by atoms with Gasteiger partial charge in [0.15, 0.2) is 11.5 Å². The van der Waals surface area contributed by atoms with Crippen molar-refractivity contribution in [1.82, 2.24) is 4.98 Å². The third kappa shape index (κ3) is 1.73. The first-order valence-corrected chi connectivity index (χ1v) is 5.94. The minimum atomic E-state index is 0.678. The minimum Gasteiger partial charge on any atom is -0.493 e. The molecule has 0 radical (unpaired) electrons. The van der Waals surface area contributed by atoms with E-state index in [4.69, 9.17) is 15.2 Å². The molecule has 0 atom stereocenters. The van der Waals surface area contributed by atoms with E-state index in [1.165, 1.54) is 0 Å². The quantitative estimate of drug-likeness (QED) is 0.564. The highest BCUT2D eigenvalue weighted by Crippen LogP contribution is 2.36. The molecule has 0 aliphatic heterocycles. The number of ether oxygens (including phenoxy) is 2. The predicted molar refractivity (Wildman–Crippen MR) is 76.8 cm³/mol. The maximum Gasteiger partial charge on any atom is 0.170 e. The zero-order valence-corrected chi connectivity index (χ0v) is 10.8. The lowest BCUT2D eigenvalue weighted by atomic mass is 10.1. The van der Waals surface area contributed by atoms with Crippen molar-refractivity contribution in [2.75, 3.05) is 20.0 Å². The molecule has 0 bridgehead atoms. The molecule has 0 saturated heterocycles. The van der Waals surface area contributed by atoms with Gasteiger partial charge in [0, 0.05) is 16.5 Å². The summed E-state index contributed by atoms with van der Waals surface area (Å²) in [5.74, 6) is 1.36. The lowest BCUT2D eigenvalue weighted by Crippen LogP contribution is -1.94. The molecule has 0 saturated carbocycles. The van der Waals surface area contributed by atoms with Crippen LogP contribution in [0.5, 0.6) is 11.5 Å². The summed E-state index contributed by atoms with van der Waals surface area (Å²) < 4.78 is 10.7. The van der Waals surface area contributed by atoms with Crippen LogP contribution in [0.15, 0.2) is 36.4 Å². The Morgan fingerprint density at radius 3 is 2.47 bits per heavy atom. The summed E-state index contributed by atoms with van der Waals surface area (Å²) in [5.41, 5.74) is 8.43. The smallest absolute Gasteiger partial charge is 0.170 e. The molecule has 0 aliphatic rings. The second kappa shape index (κ2) is 4.31. The highest BCUT2D eigenvalue weighted by Gasteiger charge is 2.11. The van der Waals surface area contributed by atoms with Crippen LogP contribution in [0.25, 0.3) is 21.8 Å². The Bertz CT molecular complexity index is 769. The second-order valence-corrected chi connectivity index (χ2v) is 4.27. The van der Waals surface area contributed by atoms with E-state index >= 15 is 0 Å². The van der Waals surface area contributed by atoms with Crippen LogP contribution in [0.4, 0.5) is 5.69 Å². The summed E-state index contributed by atoms with van der Waals surface area (Å²) in [6, 6.07) is 11.5. The van der Waals surface area contributed by atoms with Crippen molar-refractivity contribution in [3.63, 3.8) is 0 Å². The second-order valence-electron chi connectivity index (χ2n) is 4.27. The number of methoxy groups -OCH3 is 2. The van der Waals surface area contributed by atoms with Crippen LogP contribution in [0, 0.1) is 0 Å². The monoisotopic (exact) mass is 254 g/mol. The van der Waals surface area contributed by atoms with Gasteiger partial charge in [0.25, 0.3) is 0 Å². The van der Waals surface area contributed by atoms with E-state index in [1.54, 1.807) is 14.2 Å². The van der Waals surface area contributed by atoms with E-state index in [9.17, 15) is 0 Å². The molecule has 19 heavy (non-hydrogen) atoms. The van der Waals surface area contributed by atoms with Gasteiger partial charge in [0.2, 0.25) is 0 Å². The number of anilines is 1. The molecule has 0 unspecified atom stereocenters. The molecule has 0 amide bonds. The fraction of sp³-hybridized carbons (Fsp3) is 0.133. The average molecular weight is 254 g/mol. The molecule has 4 heteroatoms. The van der Waals surface area contributed by atoms with Gasteiger partial charge >= 0.3 is 0 Å². The molecule has 1 aromatic heterocycles. The molecule has 96 valence electrons. The number of nitrogen functional groups attached to an aromatic ring is 1. The number of fused-ring (bicyclic) bond motifs is 2. The first kappa shape index (κ1) is 11.6. The number of nitrogens with zero attached hydrogens (tertiary/aromatic N) is 1. The van der Waals surface area contributed by atoms with Gasteiger partial charge in [0.05, 0.1) is 25.3 Å². The molecular formula is C15H14N2O2. The van der Waals surface area contributed by atoms with Gasteiger partial charge in [-0.15, -0.1) is 0 Å². The van der Waals surface area contributed by atoms with Crippen LogP contribution in [0.2, 0.25) is 0 Å². The Hall–Kier alpha value is -2.49. The van der Waals surface area contributed by atoms with Gasteiger partial charge < -0.3 is 15.2 Å². The fourth-order valence-corrected chi connectivity index (χ4v) is 2.28. The highest BCUT2D eigenvalue weighted by atomic mass is 16.5. The molecule has 2 N–H and O–H groups in total. The van der Waals surface area contributed by atoms with E-state index in [0.29, 0.717) is 17.2 Å². The first-order valence-electron chi connectivity index (χ1n) is 5.94. The fourth-order valence-electron chi connectivity index (χ4n) is 2.28. The maximum atomic E-state index is 6.00. The largest absolute Gasteiger partial charge is 0.493 e. The van der Waals surface area contributed by atoms with Crippen molar-refractivity contribution in [3.05, 3.63) is 36.4 Å². The molecule has 2 aromatic carbocycles. The van der Waals surface area contributed by atoms with Gasteiger partial charge in [-0.2, -0.15) is 0 Å². The number of aromatic nitrogens is 1. The van der Waals surface area contributed by atoms with Crippen molar-refractivity contribution < 1.29 is 9.47 Å². The number of benzene rings is 2. The molecule has 1 heterocycles. The van der Waals surface area contributed by atoms with E-state index in [1.807, 2.05) is 36.4 Å². The average Bonchev–Trinajstić information content (AvgIpc) is 2.44. The molecule has 0 fully saturated rings. The zero-order chi connectivity index (χ0) is 13.4. The lowest BCUT2D eigenvalue weighted by Gasteiger charge is -2.11. The van der Waals surface area contributed by atoms with Crippen molar-refractivity contribution in [2.45, 2.75) is 0 Å². The zero-order valence-electron chi connectivity index (χ0n) is 10.8. The Labute approximate surface area is 110 Å². The molecule has 4 nitrogen and oxygen atoms in total. The molecule has 3 aromatic rings. The van der Waals surface area contributed by atoms with Crippen molar-refractivity contribution in [2.24, 2.45) is 0 Å². The summed E-state index contributed by atoms with van der Waals surface area (Å²) in [6.07, 6.45) is 0. The molecule has 0 aliphatic carbocycles. The normalized spacial score (nSPS) is 10.8. The summed E-state index contributed by atoms with van der Waals surface area (Å²) >= 11 is 0.